The van der Waals surface area contributed by atoms with Crippen molar-refractivity contribution in [2.24, 2.45) is 0 Å². The Bertz CT molecular complexity index is 1130. The van der Waals surface area contributed by atoms with Gasteiger partial charge in [0.15, 0.2) is 11.5 Å². The van der Waals surface area contributed by atoms with Crippen molar-refractivity contribution in [3.63, 3.8) is 0 Å². The lowest BCUT2D eigenvalue weighted by Crippen LogP contribution is -2.10. The van der Waals surface area contributed by atoms with Gasteiger partial charge in [-0.1, -0.05) is 48.5 Å². The summed E-state index contributed by atoms with van der Waals surface area (Å²) in [7, 11) is 0. The van der Waals surface area contributed by atoms with Crippen LogP contribution in [-0.4, -0.2) is 23.0 Å². The number of hydrogen-bond donors (Lipinski definition) is 2. The summed E-state index contributed by atoms with van der Waals surface area (Å²) in [6.07, 6.45) is 0. The fraction of sp³-hybridized carbons (Fsp3) is 0.0870. The third kappa shape index (κ3) is 2.36. The van der Waals surface area contributed by atoms with E-state index in [1.807, 2.05) is 48.5 Å². The second-order valence-corrected chi connectivity index (χ2v) is 6.75. The van der Waals surface area contributed by atoms with E-state index < -0.39 is 11.9 Å². The Balaban J connectivity index is 1.80. The van der Waals surface area contributed by atoms with Gasteiger partial charge in [-0.3, -0.25) is 0 Å². The Hall–Kier alpha value is -3.73. The molecule has 0 bridgehead atoms. The zero-order chi connectivity index (χ0) is 19.3. The molecule has 1 aliphatic carbocycles. The summed E-state index contributed by atoms with van der Waals surface area (Å²) in [6, 6.07) is 20.0. The quantitative estimate of drug-likeness (QED) is 0.722. The molecular weight excluding hydrogens is 356 g/mol. The number of carboxylic acid groups (broad SMARTS) is 1. The van der Waals surface area contributed by atoms with E-state index in [0.717, 1.165) is 16.7 Å². The summed E-state index contributed by atoms with van der Waals surface area (Å²) in [4.78, 5) is 12.4. The molecule has 0 aromatic heterocycles. The molecule has 28 heavy (non-hydrogen) atoms. The van der Waals surface area contributed by atoms with Crippen LogP contribution in [0.15, 0.2) is 72.3 Å². The summed E-state index contributed by atoms with van der Waals surface area (Å²) in [5.41, 5.74) is 3.64. The Morgan fingerprint density at radius 3 is 2.50 bits per heavy atom. The molecule has 3 aromatic rings. The zero-order valence-corrected chi connectivity index (χ0v) is 14.8. The van der Waals surface area contributed by atoms with Gasteiger partial charge in [0.2, 0.25) is 6.79 Å². The molecule has 0 radical (unpaired) electrons. The molecule has 2 aliphatic rings. The topological polar surface area (TPSA) is 76.0 Å². The number of fused-ring (bicyclic) bond motifs is 2. The molecule has 5 rings (SSSR count). The van der Waals surface area contributed by atoms with Crippen molar-refractivity contribution >= 4 is 11.5 Å². The SMILES string of the molecule is O=C(O)C1=C(c2ccccc2)c2c(O)cccc2C1c1ccc2c(c1)OCO2. The van der Waals surface area contributed by atoms with E-state index in [1.165, 1.54) is 0 Å². The van der Waals surface area contributed by atoms with Crippen molar-refractivity contribution in [2.45, 2.75) is 5.92 Å². The molecule has 1 heterocycles. The van der Waals surface area contributed by atoms with Crippen molar-refractivity contribution in [3.05, 3.63) is 94.6 Å². The first-order chi connectivity index (χ1) is 13.6. The first-order valence-corrected chi connectivity index (χ1v) is 8.90. The van der Waals surface area contributed by atoms with Gasteiger partial charge >= 0.3 is 5.97 Å². The molecule has 2 N–H and O–H groups in total. The third-order valence-corrected chi connectivity index (χ3v) is 5.22. The van der Waals surface area contributed by atoms with Crippen molar-refractivity contribution in [3.8, 4) is 17.2 Å². The number of ether oxygens (including phenoxy) is 2. The summed E-state index contributed by atoms with van der Waals surface area (Å²) < 4.78 is 10.9. The number of benzene rings is 3. The first-order valence-electron chi connectivity index (χ1n) is 8.90. The third-order valence-electron chi connectivity index (χ3n) is 5.22. The Morgan fingerprint density at radius 2 is 1.71 bits per heavy atom. The predicted molar refractivity (Wildman–Crippen MR) is 103 cm³/mol. The number of carboxylic acids is 1. The highest BCUT2D eigenvalue weighted by atomic mass is 16.7. The molecule has 0 saturated heterocycles. The van der Waals surface area contributed by atoms with E-state index in [2.05, 4.69) is 0 Å². The minimum atomic E-state index is -1.02. The molecule has 0 amide bonds. The Morgan fingerprint density at radius 1 is 0.929 bits per heavy atom. The number of rotatable bonds is 3. The maximum atomic E-state index is 12.4. The van der Waals surface area contributed by atoms with E-state index >= 15 is 0 Å². The van der Waals surface area contributed by atoms with E-state index in [1.54, 1.807) is 18.2 Å². The standard InChI is InChI=1S/C23H16O5/c24-16-8-4-7-15-19(14-9-10-17-18(11-14)28-12-27-17)22(23(25)26)20(21(15)16)13-5-2-1-3-6-13/h1-11,19,24H,12H2,(H,25,26). The van der Waals surface area contributed by atoms with Crippen LogP contribution in [-0.2, 0) is 4.79 Å². The zero-order valence-electron chi connectivity index (χ0n) is 14.8. The van der Waals surface area contributed by atoms with Gasteiger partial charge in [-0.25, -0.2) is 4.79 Å². The summed E-state index contributed by atoms with van der Waals surface area (Å²) >= 11 is 0. The number of aromatic hydroxyl groups is 1. The molecule has 0 saturated carbocycles. The highest BCUT2D eigenvalue weighted by Crippen LogP contribution is 2.52. The second-order valence-electron chi connectivity index (χ2n) is 6.75. The van der Waals surface area contributed by atoms with Crippen LogP contribution in [0.2, 0.25) is 0 Å². The molecule has 1 aliphatic heterocycles. The Kier molecular flexibility index (Phi) is 3.62. The smallest absolute Gasteiger partial charge is 0.333 e. The summed E-state index contributed by atoms with van der Waals surface area (Å²) in [5, 5.41) is 20.7. The molecule has 3 aromatic carbocycles. The molecule has 0 spiro atoms. The molecule has 5 nitrogen and oxygen atoms in total. The van der Waals surface area contributed by atoms with Gasteiger partial charge < -0.3 is 19.7 Å². The monoisotopic (exact) mass is 372 g/mol. The number of phenols is 1. The molecule has 1 atom stereocenters. The lowest BCUT2D eigenvalue weighted by atomic mass is 9.88. The van der Waals surface area contributed by atoms with Crippen LogP contribution in [0.5, 0.6) is 17.2 Å². The summed E-state index contributed by atoms with van der Waals surface area (Å²) in [6.45, 7) is 0.151. The largest absolute Gasteiger partial charge is 0.507 e. The van der Waals surface area contributed by atoms with Gasteiger partial charge in [0.05, 0.1) is 5.57 Å². The summed E-state index contributed by atoms with van der Waals surface area (Å²) in [5.74, 6) is -0.237. The molecule has 5 heteroatoms. The van der Waals surface area contributed by atoms with Gasteiger partial charge in [-0.15, -0.1) is 0 Å². The minimum absolute atomic E-state index is 0.0679. The van der Waals surface area contributed by atoms with E-state index in [0.29, 0.717) is 22.6 Å². The fourth-order valence-electron chi connectivity index (χ4n) is 4.08. The van der Waals surface area contributed by atoms with Crippen LogP contribution in [0, 0.1) is 0 Å². The minimum Gasteiger partial charge on any atom is -0.507 e. The van der Waals surface area contributed by atoms with Crippen molar-refractivity contribution < 1.29 is 24.5 Å². The van der Waals surface area contributed by atoms with Crippen LogP contribution in [0.4, 0.5) is 0 Å². The van der Waals surface area contributed by atoms with E-state index in [4.69, 9.17) is 9.47 Å². The maximum absolute atomic E-state index is 12.4. The van der Waals surface area contributed by atoms with Crippen molar-refractivity contribution in [1.29, 1.82) is 0 Å². The number of aliphatic carboxylic acids is 1. The average molecular weight is 372 g/mol. The van der Waals surface area contributed by atoms with Gasteiger partial charge in [0.1, 0.15) is 5.75 Å². The van der Waals surface area contributed by atoms with E-state index in [-0.39, 0.29) is 18.1 Å². The number of phenolic OH excluding ortho intramolecular Hbond substituents is 1. The average Bonchev–Trinajstić information content (AvgIpc) is 3.31. The van der Waals surface area contributed by atoms with Crippen LogP contribution in [0.3, 0.4) is 0 Å². The van der Waals surface area contributed by atoms with Crippen molar-refractivity contribution in [2.75, 3.05) is 6.79 Å². The van der Waals surface area contributed by atoms with Gasteiger partial charge in [-0.2, -0.15) is 0 Å². The lowest BCUT2D eigenvalue weighted by molar-refractivity contribution is -0.132. The predicted octanol–water partition coefficient (Wildman–Crippen LogP) is 4.15. The van der Waals surface area contributed by atoms with Gasteiger partial charge in [-0.05, 0) is 34.9 Å². The lowest BCUT2D eigenvalue weighted by Gasteiger charge is -2.15. The number of hydrogen-bond acceptors (Lipinski definition) is 4. The van der Waals surface area contributed by atoms with Gasteiger partial charge in [0.25, 0.3) is 0 Å². The number of carbonyl (C=O) groups is 1. The molecular formula is C23H16O5. The van der Waals surface area contributed by atoms with E-state index in [9.17, 15) is 15.0 Å². The second kappa shape index (κ2) is 6.16. The first kappa shape index (κ1) is 16.4. The maximum Gasteiger partial charge on any atom is 0.333 e. The highest BCUT2D eigenvalue weighted by Gasteiger charge is 2.39. The van der Waals surface area contributed by atoms with Gasteiger partial charge in [0, 0.05) is 17.1 Å². The van der Waals surface area contributed by atoms with Crippen LogP contribution in [0.1, 0.15) is 28.2 Å². The fourth-order valence-corrected chi connectivity index (χ4v) is 4.08. The molecule has 138 valence electrons. The molecule has 1 unspecified atom stereocenters. The van der Waals surface area contributed by atoms with Crippen LogP contribution < -0.4 is 9.47 Å². The van der Waals surface area contributed by atoms with Crippen molar-refractivity contribution in [1.82, 2.24) is 0 Å². The van der Waals surface area contributed by atoms with Crippen LogP contribution in [0.25, 0.3) is 5.57 Å². The normalized spacial score (nSPS) is 16.9. The highest BCUT2D eigenvalue weighted by molar-refractivity contribution is 6.07. The Labute approximate surface area is 161 Å². The van der Waals surface area contributed by atoms with Crippen LogP contribution >= 0.6 is 0 Å². The molecule has 0 fully saturated rings.